The van der Waals surface area contributed by atoms with Crippen LogP contribution < -0.4 is 16.3 Å². The Hall–Kier alpha value is -1.95. The highest BCUT2D eigenvalue weighted by atomic mass is 16.2. The number of carbonyl (C=O) groups excluding carboxylic acids is 1. The molecule has 2 unspecified atom stereocenters. The van der Waals surface area contributed by atoms with E-state index < -0.39 is 0 Å². The average molecular weight is 268 g/mol. The van der Waals surface area contributed by atoms with E-state index in [1.807, 2.05) is 5.01 Å². The molecule has 5 nitrogen and oxygen atoms in total. The summed E-state index contributed by atoms with van der Waals surface area (Å²) in [5, 5.41) is 4.46. The molecule has 5 heteroatoms. The molecule has 0 radical (unpaired) electrons. The first kappa shape index (κ1) is 11.8. The molecule has 0 spiro atoms. The van der Waals surface area contributed by atoms with Gasteiger partial charge in [0.15, 0.2) is 0 Å². The number of fused-ring (bicyclic) bond motifs is 2. The largest absolute Gasteiger partial charge is 0.289 e. The van der Waals surface area contributed by atoms with Gasteiger partial charge in [0.25, 0.3) is 5.91 Å². The van der Waals surface area contributed by atoms with Gasteiger partial charge in [-0.05, 0) is 22.8 Å². The Labute approximate surface area is 116 Å². The Bertz CT molecular complexity index is 666. The Balaban J connectivity index is 1.72. The van der Waals surface area contributed by atoms with E-state index >= 15 is 0 Å². The standard InChI is InChI=1S/C15H16N4O/c20-15-14-8-13(18-19(14)9-16-17-15)12-7-3-5-10-4-1-2-6-11(10)12/h1-7,13-14,16,18H,8-9H2,(H,17,20). The zero-order chi connectivity index (χ0) is 13.5. The molecule has 0 aromatic heterocycles. The van der Waals surface area contributed by atoms with Crippen LogP contribution in [0.5, 0.6) is 0 Å². The van der Waals surface area contributed by atoms with Crippen molar-refractivity contribution >= 4 is 16.7 Å². The van der Waals surface area contributed by atoms with Crippen molar-refractivity contribution in [2.75, 3.05) is 6.67 Å². The third-order valence-corrected chi connectivity index (χ3v) is 4.12. The lowest BCUT2D eigenvalue weighted by Gasteiger charge is -2.28. The van der Waals surface area contributed by atoms with Gasteiger partial charge in [0.2, 0.25) is 0 Å². The predicted octanol–water partition coefficient (Wildman–Crippen LogP) is 1.05. The molecular formula is C15H16N4O. The lowest BCUT2D eigenvalue weighted by atomic mass is 9.96. The Morgan fingerprint density at radius 1 is 1.10 bits per heavy atom. The molecular weight excluding hydrogens is 252 g/mol. The normalized spacial score (nSPS) is 26.5. The molecule has 3 N–H and O–H groups in total. The van der Waals surface area contributed by atoms with Gasteiger partial charge in [0.1, 0.15) is 6.04 Å². The molecule has 2 aliphatic heterocycles. The molecule has 2 aliphatic rings. The quantitative estimate of drug-likeness (QED) is 0.723. The first-order valence-electron chi connectivity index (χ1n) is 6.86. The van der Waals surface area contributed by atoms with E-state index in [0.717, 1.165) is 6.42 Å². The number of hydrazine groups is 2. The van der Waals surface area contributed by atoms with E-state index in [4.69, 9.17) is 0 Å². The van der Waals surface area contributed by atoms with Crippen molar-refractivity contribution in [1.82, 2.24) is 21.3 Å². The lowest BCUT2D eigenvalue weighted by Crippen LogP contribution is -2.60. The summed E-state index contributed by atoms with van der Waals surface area (Å²) in [4.78, 5) is 11.9. The van der Waals surface area contributed by atoms with Gasteiger partial charge in [-0.1, -0.05) is 42.5 Å². The van der Waals surface area contributed by atoms with Crippen LogP contribution in [0.2, 0.25) is 0 Å². The minimum absolute atomic E-state index is 0.0338. The fourth-order valence-corrected chi connectivity index (χ4v) is 3.14. The summed E-state index contributed by atoms with van der Waals surface area (Å²) in [6.45, 7) is 0.623. The zero-order valence-corrected chi connectivity index (χ0v) is 11.0. The number of rotatable bonds is 1. The van der Waals surface area contributed by atoms with Gasteiger partial charge in [-0.25, -0.2) is 15.9 Å². The van der Waals surface area contributed by atoms with Crippen LogP contribution in [0.4, 0.5) is 0 Å². The lowest BCUT2D eigenvalue weighted by molar-refractivity contribution is -0.131. The number of benzene rings is 2. The number of hydrogen-bond donors (Lipinski definition) is 3. The molecule has 2 heterocycles. The molecule has 2 aromatic carbocycles. The van der Waals surface area contributed by atoms with Crippen molar-refractivity contribution in [3.05, 3.63) is 48.0 Å². The maximum Gasteiger partial charge on any atom is 0.253 e. The number of carbonyl (C=O) groups is 1. The van der Waals surface area contributed by atoms with E-state index in [2.05, 4.69) is 58.7 Å². The summed E-state index contributed by atoms with van der Waals surface area (Å²) >= 11 is 0. The van der Waals surface area contributed by atoms with Crippen LogP contribution in [-0.4, -0.2) is 23.6 Å². The summed E-state index contributed by atoms with van der Waals surface area (Å²) in [5.41, 5.74) is 10.3. The Morgan fingerprint density at radius 3 is 2.85 bits per heavy atom. The molecule has 102 valence electrons. The van der Waals surface area contributed by atoms with Gasteiger partial charge in [0.05, 0.1) is 6.67 Å². The Morgan fingerprint density at radius 2 is 1.95 bits per heavy atom. The minimum Gasteiger partial charge on any atom is -0.289 e. The van der Waals surface area contributed by atoms with Crippen molar-refractivity contribution in [3.63, 3.8) is 0 Å². The van der Waals surface area contributed by atoms with Gasteiger partial charge in [-0.3, -0.25) is 10.2 Å². The van der Waals surface area contributed by atoms with Crippen LogP contribution in [0.25, 0.3) is 10.8 Å². The molecule has 20 heavy (non-hydrogen) atoms. The third-order valence-electron chi connectivity index (χ3n) is 4.12. The first-order chi connectivity index (χ1) is 9.83. The summed E-state index contributed by atoms with van der Waals surface area (Å²) in [6, 6.07) is 14.8. The second-order valence-electron chi connectivity index (χ2n) is 5.30. The highest BCUT2D eigenvalue weighted by Gasteiger charge is 2.39. The van der Waals surface area contributed by atoms with Crippen LogP contribution in [0, 0.1) is 0 Å². The molecule has 1 amide bonds. The maximum absolute atomic E-state index is 11.9. The molecule has 0 bridgehead atoms. The molecule has 0 saturated carbocycles. The van der Waals surface area contributed by atoms with Gasteiger partial charge in [-0.2, -0.15) is 0 Å². The Kier molecular flexibility index (Phi) is 2.70. The predicted molar refractivity (Wildman–Crippen MR) is 76.2 cm³/mol. The fraction of sp³-hybridized carbons (Fsp3) is 0.267. The van der Waals surface area contributed by atoms with Gasteiger partial charge in [0, 0.05) is 6.04 Å². The number of hydrogen-bond acceptors (Lipinski definition) is 4. The van der Waals surface area contributed by atoms with Crippen molar-refractivity contribution in [2.24, 2.45) is 0 Å². The highest BCUT2D eigenvalue weighted by Crippen LogP contribution is 2.32. The van der Waals surface area contributed by atoms with Gasteiger partial charge >= 0.3 is 0 Å². The summed E-state index contributed by atoms with van der Waals surface area (Å²) in [5.74, 6) is 0.0338. The van der Waals surface area contributed by atoms with Crippen LogP contribution in [0.3, 0.4) is 0 Å². The van der Waals surface area contributed by atoms with Crippen molar-refractivity contribution in [3.8, 4) is 0 Å². The molecule has 2 fully saturated rings. The highest BCUT2D eigenvalue weighted by molar-refractivity contribution is 5.87. The number of nitrogens with one attached hydrogen (secondary N) is 3. The average Bonchev–Trinajstić information content (AvgIpc) is 2.92. The second-order valence-corrected chi connectivity index (χ2v) is 5.30. The summed E-state index contributed by atoms with van der Waals surface area (Å²) in [6.07, 6.45) is 0.793. The maximum atomic E-state index is 11.9. The summed E-state index contributed by atoms with van der Waals surface area (Å²) < 4.78 is 0. The number of amides is 1. The van der Waals surface area contributed by atoms with Crippen molar-refractivity contribution in [2.45, 2.75) is 18.5 Å². The van der Waals surface area contributed by atoms with Gasteiger partial charge in [-0.15, -0.1) is 0 Å². The van der Waals surface area contributed by atoms with Crippen molar-refractivity contribution < 1.29 is 4.79 Å². The SMILES string of the molecule is O=C1NNCN2NC(c3cccc4ccccc34)CC12. The van der Waals surface area contributed by atoms with Crippen LogP contribution >= 0.6 is 0 Å². The molecule has 2 aromatic rings. The minimum atomic E-state index is -0.0970. The molecule has 2 atom stereocenters. The van der Waals surface area contributed by atoms with E-state index in [1.165, 1.54) is 16.3 Å². The molecule has 0 aliphatic carbocycles. The van der Waals surface area contributed by atoms with E-state index in [-0.39, 0.29) is 18.0 Å². The smallest absolute Gasteiger partial charge is 0.253 e. The van der Waals surface area contributed by atoms with Crippen LogP contribution in [0.15, 0.2) is 42.5 Å². The second kappa shape index (κ2) is 4.56. The molecule has 4 rings (SSSR count). The van der Waals surface area contributed by atoms with E-state index in [9.17, 15) is 4.79 Å². The fourth-order valence-electron chi connectivity index (χ4n) is 3.14. The van der Waals surface area contributed by atoms with Crippen LogP contribution in [-0.2, 0) is 4.79 Å². The number of nitrogens with zero attached hydrogens (tertiary/aromatic N) is 1. The monoisotopic (exact) mass is 268 g/mol. The first-order valence-corrected chi connectivity index (χ1v) is 6.86. The van der Waals surface area contributed by atoms with Crippen LogP contribution in [0.1, 0.15) is 18.0 Å². The van der Waals surface area contributed by atoms with E-state index in [1.54, 1.807) is 0 Å². The van der Waals surface area contributed by atoms with Gasteiger partial charge < -0.3 is 0 Å². The zero-order valence-electron chi connectivity index (χ0n) is 11.0. The summed E-state index contributed by atoms with van der Waals surface area (Å²) in [7, 11) is 0. The van der Waals surface area contributed by atoms with E-state index in [0.29, 0.717) is 6.67 Å². The molecule has 2 saturated heterocycles. The van der Waals surface area contributed by atoms with Crippen molar-refractivity contribution in [1.29, 1.82) is 0 Å². The third kappa shape index (κ3) is 1.79. The topological polar surface area (TPSA) is 56.4 Å².